The normalized spacial score (nSPS) is 12.8. The van der Waals surface area contributed by atoms with Gasteiger partial charge in [-0.25, -0.2) is 0 Å². The maximum atomic E-state index is 12.8. The lowest BCUT2D eigenvalue weighted by Gasteiger charge is -2.18. The Bertz CT molecular complexity index is 1360. The molecule has 68 heavy (non-hydrogen) atoms. The van der Waals surface area contributed by atoms with Gasteiger partial charge in [0.15, 0.2) is 6.10 Å². The number of hydrogen-bond donors (Lipinski definition) is 0. The number of ether oxygens (including phenoxy) is 3. The van der Waals surface area contributed by atoms with Crippen molar-refractivity contribution in [1.29, 1.82) is 0 Å². The van der Waals surface area contributed by atoms with E-state index in [0.717, 1.165) is 83.5 Å². The molecule has 0 aromatic carbocycles. The second-order valence-corrected chi connectivity index (χ2v) is 18.5. The predicted molar refractivity (Wildman–Crippen MR) is 293 cm³/mol. The summed E-state index contributed by atoms with van der Waals surface area (Å²) in [5.74, 6) is -1.00. The Balaban J connectivity index is 4.46. The van der Waals surface area contributed by atoms with Gasteiger partial charge in [-0.3, -0.25) is 14.4 Å². The van der Waals surface area contributed by atoms with E-state index in [9.17, 15) is 14.4 Å². The molecule has 0 bridgehead atoms. The van der Waals surface area contributed by atoms with Crippen molar-refractivity contribution >= 4 is 17.9 Å². The third-order valence-corrected chi connectivity index (χ3v) is 11.9. The van der Waals surface area contributed by atoms with Gasteiger partial charge >= 0.3 is 17.9 Å². The van der Waals surface area contributed by atoms with E-state index in [-0.39, 0.29) is 31.6 Å². The first kappa shape index (κ1) is 64.3. The summed E-state index contributed by atoms with van der Waals surface area (Å²) in [5.41, 5.74) is 0. The van der Waals surface area contributed by atoms with E-state index < -0.39 is 12.1 Å². The molecule has 0 aliphatic carbocycles. The minimum atomic E-state index is -0.822. The average molecular weight is 946 g/mol. The number of unbranched alkanes of at least 4 members (excludes halogenated alkanes) is 25. The smallest absolute Gasteiger partial charge is 0.306 e. The van der Waals surface area contributed by atoms with Crippen LogP contribution in [0.2, 0.25) is 0 Å². The van der Waals surface area contributed by atoms with Crippen LogP contribution in [0.3, 0.4) is 0 Å². The van der Waals surface area contributed by atoms with Gasteiger partial charge in [0, 0.05) is 19.3 Å². The van der Waals surface area contributed by atoms with Gasteiger partial charge in [-0.15, -0.1) is 0 Å². The van der Waals surface area contributed by atoms with Crippen LogP contribution in [0.1, 0.15) is 258 Å². The van der Waals surface area contributed by atoms with Gasteiger partial charge in [-0.2, -0.15) is 0 Å². The zero-order valence-electron chi connectivity index (χ0n) is 44.3. The molecule has 0 fully saturated rings. The summed E-state index contributed by atoms with van der Waals surface area (Å²) in [6, 6.07) is 0. The van der Waals surface area contributed by atoms with E-state index >= 15 is 0 Å². The molecule has 6 nitrogen and oxygen atoms in total. The summed E-state index contributed by atoms with van der Waals surface area (Å²) < 4.78 is 16.8. The van der Waals surface area contributed by atoms with Crippen LogP contribution in [0, 0.1) is 0 Å². The average Bonchev–Trinajstić information content (AvgIpc) is 3.34. The highest BCUT2D eigenvalue weighted by molar-refractivity contribution is 5.71. The molecule has 1 unspecified atom stereocenters. The van der Waals surface area contributed by atoms with Gasteiger partial charge in [0.25, 0.3) is 0 Å². The van der Waals surface area contributed by atoms with Gasteiger partial charge in [0.05, 0.1) is 0 Å². The maximum Gasteiger partial charge on any atom is 0.306 e. The zero-order chi connectivity index (χ0) is 49.3. The standard InChI is InChI=1S/C62H104O6/c1-4-7-10-13-16-19-22-25-28-30-31-32-35-37-40-43-46-49-52-55-61(64)67-58-59(57-66-60(63)54-51-48-45-42-39-36-33-27-24-21-18-15-12-9-6-3)68-62(65)56-53-50-47-44-41-38-34-29-26-23-20-17-14-11-8-5-2/h8-9,11-12,15,17-18,20-21,24,26,29,38,41,47,50,59H,4-7,10,13-14,16,19,22-23,25,27-28,30-37,39-40,42-46,48-49,51-58H2,1-3H3/b11-8-,12-9-,18-15-,20-17-,24-21-,29-26-,41-38-,50-47-. The Morgan fingerprint density at radius 2 is 0.676 bits per heavy atom. The fraction of sp³-hybridized carbons (Fsp3) is 0.694. The summed E-state index contributed by atoms with van der Waals surface area (Å²) >= 11 is 0. The molecule has 0 radical (unpaired) electrons. The molecule has 388 valence electrons. The van der Waals surface area contributed by atoms with E-state index in [1.54, 1.807) is 0 Å². The monoisotopic (exact) mass is 945 g/mol. The van der Waals surface area contributed by atoms with Crippen LogP contribution in [-0.2, 0) is 28.6 Å². The van der Waals surface area contributed by atoms with Gasteiger partial charge < -0.3 is 14.2 Å². The summed E-state index contributed by atoms with van der Waals surface area (Å²) in [7, 11) is 0. The molecule has 6 heteroatoms. The molecule has 0 aromatic rings. The second-order valence-electron chi connectivity index (χ2n) is 18.5. The molecule has 0 rings (SSSR count). The number of rotatable bonds is 50. The van der Waals surface area contributed by atoms with Crippen LogP contribution in [-0.4, -0.2) is 37.2 Å². The fourth-order valence-corrected chi connectivity index (χ4v) is 7.73. The quantitative estimate of drug-likeness (QED) is 0.0199. The SMILES string of the molecule is CC\C=C/C=C\C=C/CCCCCCCCCC(=O)OCC(COC(=O)CCCCCCCCCCCCCCCCCCCCC)OC(=O)CC/C=C\C/C=C\C/C=C\C/C=C\C/C=C\CC. The minimum Gasteiger partial charge on any atom is -0.462 e. The Morgan fingerprint density at radius 3 is 1.09 bits per heavy atom. The highest BCUT2D eigenvalue weighted by Gasteiger charge is 2.19. The molecule has 0 aliphatic heterocycles. The van der Waals surface area contributed by atoms with Crippen LogP contribution in [0.5, 0.6) is 0 Å². The number of allylic oxidation sites excluding steroid dienone is 16. The van der Waals surface area contributed by atoms with Gasteiger partial charge in [0.2, 0.25) is 0 Å². The fourth-order valence-electron chi connectivity index (χ4n) is 7.73. The first-order valence-corrected chi connectivity index (χ1v) is 28.3. The molecule has 0 heterocycles. The first-order valence-electron chi connectivity index (χ1n) is 28.3. The van der Waals surface area contributed by atoms with Crippen molar-refractivity contribution < 1.29 is 28.6 Å². The van der Waals surface area contributed by atoms with Crippen molar-refractivity contribution in [3.63, 3.8) is 0 Å². The zero-order valence-corrected chi connectivity index (χ0v) is 44.3. The summed E-state index contributed by atoms with van der Waals surface area (Å²) in [6.07, 6.45) is 74.1. The van der Waals surface area contributed by atoms with Crippen molar-refractivity contribution in [3.8, 4) is 0 Å². The predicted octanol–water partition coefficient (Wildman–Crippen LogP) is 18.9. The molecular weight excluding hydrogens is 841 g/mol. The number of carbonyl (C=O) groups excluding carboxylic acids is 3. The van der Waals surface area contributed by atoms with Crippen LogP contribution < -0.4 is 0 Å². The molecule has 1 atom stereocenters. The molecular formula is C62H104O6. The largest absolute Gasteiger partial charge is 0.462 e. The number of hydrogen-bond acceptors (Lipinski definition) is 6. The lowest BCUT2D eigenvalue weighted by atomic mass is 10.0. The Labute approximate surface area is 419 Å². The van der Waals surface area contributed by atoms with Crippen LogP contribution >= 0.6 is 0 Å². The van der Waals surface area contributed by atoms with E-state index in [1.807, 2.05) is 12.2 Å². The number of esters is 3. The van der Waals surface area contributed by atoms with Gasteiger partial charge in [-0.05, 0) is 70.6 Å². The van der Waals surface area contributed by atoms with Crippen molar-refractivity contribution in [2.75, 3.05) is 13.2 Å². The van der Waals surface area contributed by atoms with Gasteiger partial charge in [0.1, 0.15) is 13.2 Å². The maximum absolute atomic E-state index is 12.8. The van der Waals surface area contributed by atoms with E-state index in [4.69, 9.17) is 14.2 Å². The molecule has 0 aromatic heterocycles. The lowest BCUT2D eigenvalue weighted by Crippen LogP contribution is -2.30. The number of carbonyl (C=O) groups is 3. The van der Waals surface area contributed by atoms with Crippen LogP contribution in [0.15, 0.2) is 97.2 Å². The summed E-state index contributed by atoms with van der Waals surface area (Å²) in [5, 5.41) is 0. The van der Waals surface area contributed by atoms with Crippen LogP contribution in [0.25, 0.3) is 0 Å². The Hall–Kier alpha value is -3.67. The molecule has 0 aliphatic rings. The molecule has 0 N–H and O–H groups in total. The molecule has 0 spiro atoms. The summed E-state index contributed by atoms with van der Waals surface area (Å²) in [6.45, 7) is 6.34. The first-order chi connectivity index (χ1) is 33.5. The highest BCUT2D eigenvalue weighted by Crippen LogP contribution is 2.16. The van der Waals surface area contributed by atoms with Crippen molar-refractivity contribution in [3.05, 3.63) is 97.2 Å². The highest BCUT2D eigenvalue weighted by atomic mass is 16.6. The Morgan fingerprint density at radius 1 is 0.324 bits per heavy atom. The van der Waals surface area contributed by atoms with Crippen molar-refractivity contribution in [2.24, 2.45) is 0 Å². The van der Waals surface area contributed by atoms with Crippen LogP contribution in [0.4, 0.5) is 0 Å². The molecule has 0 saturated carbocycles. The van der Waals surface area contributed by atoms with Crippen molar-refractivity contribution in [1.82, 2.24) is 0 Å². The van der Waals surface area contributed by atoms with Crippen molar-refractivity contribution in [2.45, 2.75) is 264 Å². The minimum absolute atomic E-state index is 0.110. The van der Waals surface area contributed by atoms with E-state index in [1.165, 1.54) is 128 Å². The van der Waals surface area contributed by atoms with E-state index in [2.05, 4.69) is 106 Å². The lowest BCUT2D eigenvalue weighted by molar-refractivity contribution is -0.166. The summed E-state index contributed by atoms with van der Waals surface area (Å²) in [4.78, 5) is 38.1. The van der Waals surface area contributed by atoms with Gasteiger partial charge in [-0.1, -0.05) is 266 Å². The van der Waals surface area contributed by atoms with E-state index in [0.29, 0.717) is 19.3 Å². The second kappa shape index (κ2) is 55.9. The third-order valence-electron chi connectivity index (χ3n) is 11.9. The molecule has 0 amide bonds. The third kappa shape index (κ3) is 53.3. The Kier molecular flexibility index (Phi) is 52.9. The topological polar surface area (TPSA) is 78.9 Å². The molecule has 0 saturated heterocycles.